The lowest BCUT2D eigenvalue weighted by atomic mass is 9.90. The Morgan fingerprint density at radius 2 is 1.83 bits per heavy atom. The van der Waals surface area contributed by atoms with Crippen LogP contribution in [0.1, 0.15) is 31.2 Å². The maximum absolute atomic E-state index is 13.5. The number of piperidine rings is 1. The largest absolute Gasteiger partial charge is 0.300 e. The molecule has 3 atom stereocenters. The van der Waals surface area contributed by atoms with Gasteiger partial charge in [-0.1, -0.05) is 30.4 Å². The van der Waals surface area contributed by atoms with E-state index in [9.17, 15) is 4.39 Å². The van der Waals surface area contributed by atoms with Gasteiger partial charge in [-0.15, -0.1) is 0 Å². The van der Waals surface area contributed by atoms with E-state index in [1.54, 1.807) is 6.07 Å². The Labute approximate surface area is 108 Å². The first-order chi connectivity index (χ1) is 8.74. The molecule has 0 unspecified atom stereocenters. The first kappa shape index (κ1) is 11.9. The third-order valence-electron chi connectivity index (χ3n) is 4.59. The number of halogens is 1. The van der Waals surface area contributed by atoms with E-state index in [1.807, 2.05) is 18.2 Å². The van der Waals surface area contributed by atoms with Crippen LogP contribution in [-0.4, -0.2) is 24.0 Å². The predicted molar refractivity (Wildman–Crippen MR) is 72.7 cm³/mol. The topological polar surface area (TPSA) is 3.24 Å². The fourth-order valence-corrected chi connectivity index (χ4v) is 3.46. The minimum Gasteiger partial charge on any atom is -0.300 e. The van der Waals surface area contributed by atoms with Gasteiger partial charge < -0.3 is 4.90 Å². The van der Waals surface area contributed by atoms with E-state index in [2.05, 4.69) is 18.0 Å². The highest BCUT2D eigenvalue weighted by Crippen LogP contribution is 2.38. The second kappa shape index (κ2) is 4.85. The number of rotatable bonds is 2. The molecule has 2 bridgehead atoms. The zero-order chi connectivity index (χ0) is 12.5. The van der Waals surface area contributed by atoms with Gasteiger partial charge in [0.05, 0.1) is 0 Å². The number of benzene rings is 1. The fourth-order valence-electron chi connectivity index (χ4n) is 3.46. The Bertz CT molecular complexity index is 440. The quantitative estimate of drug-likeness (QED) is 0.767. The standard InChI is InChI=1S/C16H20FN/c1-18-14-8-9-15(18)11-12(10-14)6-7-13-4-2-3-5-16(13)17/h2-7,12,14-15H,8-11H2,1H3/b7-6+/t12-,14+,15-. The summed E-state index contributed by atoms with van der Waals surface area (Å²) in [5.41, 5.74) is 0.712. The number of allylic oxidation sites excluding steroid dienone is 1. The SMILES string of the molecule is CN1[C@@H]2CC[C@H]1C[C@@H](/C=C/c1ccccc1F)C2. The van der Waals surface area contributed by atoms with Crippen molar-refractivity contribution in [3.05, 3.63) is 41.7 Å². The second-order valence-corrected chi connectivity index (χ2v) is 5.66. The summed E-state index contributed by atoms with van der Waals surface area (Å²) >= 11 is 0. The van der Waals surface area contributed by atoms with Crippen molar-refractivity contribution in [3.8, 4) is 0 Å². The van der Waals surface area contributed by atoms with Crippen LogP contribution in [0.25, 0.3) is 6.08 Å². The number of hydrogen-bond donors (Lipinski definition) is 0. The van der Waals surface area contributed by atoms with E-state index >= 15 is 0 Å². The van der Waals surface area contributed by atoms with Crippen molar-refractivity contribution in [2.45, 2.75) is 37.8 Å². The van der Waals surface area contributed by atoms with Crippen molar-refractivity contribution in [2.24, 2.45) is 5.92 Å². The summed E-state index contributed by atoms with van der Waals surface area (Å²) < 4.78 is 13.5. The molecule has 0 N–H and O–H groups in total. The lowest BCUT2D eigenvalue weighted by molar-refractivity contribution is 0.152. The molecule has 0 spiro atoms. The summed E-state index contributed by atoms with van der Waals surface area (Å²) in [6.45, 7) is 0. The Kier molecular flexibility index (Phi) is 3.21. The highest BCUT2D eigenvalue weighted by atomic mass is 19.1. The van der Waals surface area contributed by atoms with Crippen molar-refractivity contribution in [1.29, 1.82) is 0 Å². The summed E-state index contributed by atoms with van der Waals surface area (Å²) in [7, 11) is 2.25. The van der Waals surface area contributed by atoms with E-state index in [-0.39, 0.29) is 5.82 Å². The van der Waals surface area contributed by atoms with Gasteiger partial charge in [0.2, 0.25) is 0 Å². The van der Waals surface area contributed by atoms with Gasteiger partial charge in [0, 0.05) is 17.6 Å². The van der Waals surface area contributed by atoms with Gasteiger partial charge >= 0.3 is 0 Å². The molecule has 0 aliphatic carbocycles. The van der Waals surface area contributed by atoms with Crippen LogP contribution in [0.5, 0.6) is 0 Å². The highest BCUT2D eigenvalue weighted by Gasteiger charge is 2.37. The summed E-state index contributed by atoms with van der Waals surface area (Å²) in [4.78, 5) is 2.54. The zero-order valence-corrected chi connectivity index (χ0v) is 10.8. The van der Waals surface area contributed by atoms with Crippen LogP contribution in [0, 0.1) is 11.7 Å². The van der Waals surface area contributed by atoms with E-state index in [0.717, 1.165) is 12.1 Å². The van der Waals surface area contributed by atoms with Gasteiger partial charge in [-0.2, -0.15) is 0 Å². The second-order valence-electron chi connectivity index (χ2n) is 5.66. The van der Waals surface area contributed by atoms with Gasteiger partial charge in [-0.3, -0.25) is 0 Å². The molecule has 18 heavy (non-hydrogen) atoms. The molecule has 2 heterocycles. The fraction of sp³-hybridized carbons (Fsp3) is 0.500. The predicted octanol–water partition coefficient (Wildman–Crippen LogP) is 3.71. The van der Waals surface area contributed by atoms with E-state index < -0.39 is 0 Å². The van der Waals surface area contributed by atoms with Crippen molar-refractivity contribution < 1.29 is 4.39 Å². The average molecular weight is 245 g/mol. The Morgan fingerprint density at radius 1 is 1.17 bits per heavy atom. The van der Waals surface area contributed by atoms with Crippen LogP contribution in [-0.2, 0) is 0 Å². The Hall–Kier alpha value is -1.15. The normalized spacial score (nSPS) is 32.2. The first-order valence-electron chi connectivity index (χ1n) is 6.88. The zero-order valence-electron chi connectivity index (χ0n) is 10.8. The maximum Gasteiger partial charge on any atom is 0.130 e. The minimum atomic E-state index is -0.121. The first-order valence-corrected chi connectivity index (χ1v) is 6.88. The monoisotopic (exact) mass is 245 g/mol. The molecular weight excluding hydrogens is 225 g/mol. The molecule has 3 rings (SSSR count). The Morgan fingerprint density at radius 3 is 2.50 bits per heavy atom. The lowest BCUT2D eigenvalue weighted by Crippen LogP contribution is -2.39. The molecule has 2 heteroatoms. The molecular formula is C16H20FN. The van der Waals surface area contributed by atoms with Crippen molar-refractivity contribution >= 4 is 6.08 Å². The van der Waals surface area contributed by atoms with Crippen LogP contribution in [0.2, 0.25) is 0 Å². The van der Waals surface area contributed by atoms with Crippen molar-refractivity contribution in [2.75, 3.05) is 7.05 Å². The van der Waals surface area contributed by atoms with Gasteiger partial charge in [-0.05, 0) is 44.7 Å². The maximum atomic E-state index is 13.5. The number of fused-ring (bicyclic) bond motifs is 2. The molecule has 0 amide bonds. The molecule has 1 aromatic rings. The third-order valence-corrected chi connectivity index (χ3v) is 4.59. The molecule has 1 aromatic carbocycles. The van der Waals surface area contributed by atoms with Gasteiger partial charge in [0.25, 0.3) is 0 Å². The summed E-state index contributed by atoms with van der Waals surface area (Å²) in [5, 5.41) is 0. The van der Waals surface area contributed by atoms with Crippen molar-refractivity contribution in [1.82, 2.24) is 4.90 Å². The summed E-state index contributed by atoms with van der Waals surface area (Å²) in [5.74, 6) is 0.503. The minimum absolute atomic E-state index is 0.121. The van der Waals surface area contributed by atoms with E-state index in [0.29, 0.717) is 11.5 Å². The molecule has 2 aliphatic rings. The summed E-state index contributed by atoms with van der Waals surface area (Å²) in [6, 6.07) is 8.50. The van der Waals surface area contributed by atoms with Crippen molar-refractivity contribution in [3.63, 3.8) is 0 Å². The molecule has 0 aromatic heterocycles. The molecule has 1 nitrogen and oxygen atoms in total. The van der Waals surface area contributed by atoms with Crippen LogP contribution in [0.3, 0.4) is 0 Å². The average Bonchev–Trinajstić information content (AvgIpc) is 2.62. The molecule has 2 saturated heterocycles. The van der Waals surface area contributed by atoms with Crippen LogP contribution < -0.4 is 0 Å². The van der Waals surface area contributed by atoms with Gasteiger partial charge in [0.15, 0.2) is 0 Å². The van der Waals surface area contributed by atoms with E-state index in [1.165, 1.54) is 31.7 Å². The van der Waals surface area contributed by atoms with Gasteiger partial charge in [-0.25, -0.2) is 4.39 Å². The van der Waals surface area contributed by atoms with Crippen LogP contribution in [0.4, 0.5) is 4.39 Å². The summed E-state index contributed by atoms with van der Waals surface area (Å²) in [6.07, 6.45) is 9.33. The molecule has 0 radical (unpaired) electrons. The number of nitrogens with zero attached hydrogens (tertiary/aromatic N) is 1. The molecule has 2 aliphatic heterocycles. The van der Waals surface area contributed by atoms with Crippen LogP contribution in [0.15, 0.2) is 30.3 Å². The molecule has 96 valence electrons. The highest BCUT2D eigenvalue weighted by molar-refractivity contribution is 5.50. The lowest BCUT2D eigenvalue weighted by Gasteiger charge is -2.35. The smallest absolute Gasteiger partial charge is 0.130 e. The Balaban J connectivity index is 1.69. The number of hydrogen-bond acceptors (Lipinski definition) is 1. The van der Waals surface area contributed by atoms with Crippen LogP contribution >= 0.6 is 0 Å². The van der Waals surface area contributed by atoms with E-state index in [4.69, 9.17) is 0 Å². The van der Waals surface area contributed by atoms with Gasteiger partial charge in [0.1, 0.15) is 5.82 Å². The third kappa shape index (κ3) is 2.22. The molecule has 0 saturated carbocycles. The molecule has 2 fully saturated rings.